The summed E-state index contributed by atoms with van der Waals surface area (Å²) < 4.78 is 5.91. The molecule has 0 fully saturated rings. The van der Waals surface area contributed by atoms with Gasteiger partial charge in [0.2, 0.25) is 0 Å². The van der Waals surface area contributed by atoms with Crippen LogP contribution in [-0.2, 0) is 19.3 Å². The van der Waals surface area contributed by atoms with Gasteiger partial charge in [-0.05, 0) is 66.1 Å². The quantitative estimate of drug-likeness (QED) is 0.265. The van der Waals surface area contributed by atoms with Gasteiger partial charge in [-0.1, -0.05) is 88.4 Å². The minimum Gasteiger partial charge on any atom is -0.494 e. The zero-order valence-corrected chi connectivity index (χ0v) is 19.3. The van der Waals surface area contributed by atoms with Crippen molar-refractivity contribution in [3.63, 3.8) is 0 Å². The molecule has 3 rings (SSSR count). The number of hydrogen-bond donors (Lipinski definition) is 0. The summed E-state index contributed by atoms with van der Waals surface area (Å²) in [7, 11) is 0. The number of hydrogen-bond acceptors (Lipinski definition) is 2. The molecule has 164 valence electrons. The zero-order valence-electron chi connectivity index (χ0n) is 19.3. The third-order valence-corrected chi connectivity index (χ3v) is 5.87. The van der Waals surface area contributed by atoms with Crippen LogP contribution in [0.4, 0.5) is 0 Å². The summed E-state index contributed by atoms with van der Waals surface area (Å²) >= 11 is 0. The molecule has 0 aliphatic rings. The van der Waals surface area contributed by atoms with E-state index in [4.69, 9.17) is 4.74 Å². The van der Waals surface area contributed by atoms with Crippen molar-refractivity contribution in [3.05, 3.63) is 83.7 Å². The Kier molecular flexibility index (Phi) is 9.63. The van der Waals surface area contributed by atoms with Crippen molar-refractivity contribution in [1.29, 1.82) is 0 Å². The van der Waals surface area contributed by atoms with Crippen molar-refractivity contribution in [2.45, 2.75) is 71.6 Å². The van der Waals surface area contributed by atoms with Gasteiger partial charge in [0.05, 0.1) is 6.61 Å². The van der Waals surface area contributed by atoms with Gasteiger partial charge >= 0.3 is 0 Å². The SMILES string of the molecule is CCCCCCCCOc1ccc(-c2ccc(CCc3ccc(CC)cn3)cc2)cc1. The highest BCUT2D eigenvalue weighted by molar-refractivity contribution is 5.64. The summed E-state index contributed by atoms with van der Waals surface area (Å²) in [5, 5.41) is 0. The van der Waals surface area contributed by atoms with E-state index in [-0.39, 0.29) is 0 Å². The molecule has 0 unspecified atom stereocenters. The van der Waals surface area contributed by atoms with Crippen molar-refractivity contribution >= 4 is 0 Å². The lowest BCUT2D eigenvalue weighted by molar-refractivity contribution is 0.304. The Morgan fingerprint density at radius 3 is 1.94 bits per heavy atom. The second-order valence-electron chi connectivity index (χ2n) is 8.35. The number of benzene rings is 2. The van der Waals surface area contributed by atoms with Gasteiger partial charge in [-0.25, -0.2) is 0 Å². The standard InChI is InChI=1S/C29H37NO/c1-3-5-6-7-8-9-22-31-29-20-16-27(17-21-29)26-14-10-25(11-15-26)13-19-28-18-12-24(4-2)23-30-28/h10-12,14-18,20-21,23H,3-9,13,19,22H2,1-2H3. The molecule has 0 saturated carbocycles. The van der Waals surface area contributed by atoms with Gasteiger partial charge in [0.15, 0.2) is 0 Å². The summed E-state index contributed by atoms with van der Waals surface area (Å²) in [5.41, 5.74) is 6.29. The monoisotopic (exact) mass is 415 g/mol. The maximum atomic E-state index is 5.91. The summed E-state index contributed by atoms with van der Waals surface area (Å²) in [6.45, 7) is 5.23. The summed E-state index contributed by atoms with van der Waals surface area (Å²) in [6, 6.07) is 21.7. The molecule has 0 saturated heterocycles. The Hall–Kier alpha value is -2.61. The van der Waals surface area contributed by atoms with Crippen molar-refractivity contribution in [3.8, 4) is 16.9 Å². The maximum absolute atomic E-state index is 5.91. The van der Waals surface area contributed by atoms with Crippen LogP contribution in [0.1, 0.15) is 69.2 Å². The first-order valence-corrected chi connectivity index (χ1v) is 12.0. The van der Waals surface area contributed by atoms with Crippen molar-refractivity contribution in [1.82, 2.24) is 4.98 Å². The summed E-state index contributed by atoms with van der Waals surface area (Å²) in [5.74, 6) is 0.968. The third-order valence-electron chi connectivity index (χ3n) is 5.87. The molecule has 0 spiro atoms. The predicted molar refractivity (Wildman–Crippen MR) is 132 cm³/mol. The van der Waals surface area contributed by atoms with Gasteiger partial charge in [0.1, 0.15) is 5.75 Å². The molecular weight excluding hydrogens is 378 g/mol. The second kappa shape index (κ2) is 12.9. The molecule has 1 heterocycles. The molecule has 0 aliphatic heterocycles. The van der Waals surface area contributed by atoms with E-state index >= 15 is 0 Å². The van der Waals surface area contributed by atoms with Crippen LogP contribution in [-0.4, -0.2) is 11.6 Å². The lowest BCUT2D eigenvalue weighted by Gasteiger charge is -2.08. The number of aromatic nitrogens is 1. The van der Waals surface area contributed by atoms with E-state index < -0.39 is 0 Å². The van der Waals surface area contributed by atoms with Crippen LogP contribution in [0.2, 0.25) is 0 Å². The largest absolute Gasteiger partial charge is 0.494 e. The van der Waals surface area contributed by atoms with E-state index in [9.17, 15) is 0 Å². The molecule has 0 radical (unpaired) electrons. The Morgan fingerprint density at radius 2 is 1.29 bits per heavy atom. The minimum atomic E-state index is 0.816. The lowest BCUT2D eigenvalue weighted by atomic mass is 10.0. The fourth-order valence-electron chi connectivity index (χ4n) is 3.76. The summed E-state index contributed by atoms with van der Waals surface area (Å²) in [6.07, 6.45) is 12.8. The van der Waals surface area contributed by atoms with E-state index in [2.05, 4.69) is 79.5 Å². The molecule has 2 nitrogen and oxygen atoms in total. The second-order valence-corrected chi connectivity index (χ2v) is 8.35. The van der Waals surface area contributed by atoms with Crippen LogP contribution >= 0.6 is 0 Å². The van der Waals surface area contributed by atoms with Crippen molar-refractivity contribution in [2.75, 3.05) is 6.61 Å². The highest BCUT2D eigenvalue weighted by atomic mass is 16.5. The molecule has 0 N–H and O–H groups in total. The number of rotatable bonds is 13. The minimum absolute atomic E-state index is 0.816. The molecule has 0 aliphatic carbocycles. The van der Waals surface area contributed by atoms with Gasteiger partial charge in [-0.15, -0.1) is 0 Å². The number of nitrogens with zero attached hydrogens (tertiary/aromatic N) is 1. The van der Waals surface area contributed by atoms with Gasteiger partial charge in [-0.3, -0.25) is 4.98 Å². The molecule has 0 atom stereocenters. The molecule has 1 aromatic heterocycles. The van der Waals surface area contributed by atoms with Crippen LogP contribution in [0.5, 0.6) is 5.75 Å². The van der Waals surface area contributed by atoms with Gasteiger partial charge in [-0.2, -0.15) is 0 Å². The van der Waals surface area contributed by atoms with Gasteiger partial charge < -0.3 is 4.74 Å². The molecule has 31 heavy (non-hydrogen) atoms. The Bertz CT molecular complexity index is 866. The van der Waals surface area contributed by atoms with Crippen LogP contribution in [0.3, 0.4) is 0 Å². The zero-order chi connectivity index (χ0) is 21.7. The molecule has 0 amide bonds. The fourth-order valence-corrected chi connectivity index (χ4v) is 3.76. The average molecular weight is 416 g/mol. The first-order chi connectivity index (χ1) is 15.3. The Balaban J connectivity index is 1.43. The highest BCUT2D eigenvalue weighted by Crippen LogP contribution is 2.23. The third kappa shape index (κ3) is 7.86. The molecule has 2 aromatic carbocycles. The van der Waals surface area contributed by atoms with E-state index in [0.29, 0.717) is 0 Å². The predicted octanol–water partition coefficient (Wildman–Crippen LogP) is 7.84. The number of ether oxygens (including phenoxy) is 1. The number of unbranched alkanes of at least 4 members (excludes halogenated alkanes) is 5. The molecule has 0 bridgehead atoms. The van der Waals surface area contributed by atoms with Crippen LogP contribution in [0, 0.1) is 0 Å². The van der Waals surface area contributed by atoms with Crippen molar-refractivity contribution in [2.24, 2.45) is 0 Å². The van der Waals surface area contributed by atoms with E-state index in [1.165, 1.54) is 54.4 Å². The number of pyridine rings is 1. The first-order valence-electron chi connectivity index (χ1n) is 12.0. The molecular formula is C29H37NO. The van der Waals surface area contributed by atoms with E-state index in [0.717, 1.165) is 43.7 Å². The molecule has 2 heteroatoms. The fraction of sp³-hybridized carbons (Fsp3) is 0.414. The van der Waals surface area contributed by atoms with Crippen LogP contribution in [0.25, 0.3) is 11.1 Å². The average Bonchev–Trinajstić information content (AvgIpc) is 2.83. The maximum Gasteiger partial charge on any atom is 0.119 e. The topological polar surface area (TPSA) is 22.1 Å². The first kappa shape index (κ1) is 23.1. The van der Waals surface area contributed by atoms with E-state index in [1.54, 1.807) is 0 Å². The summed E-state index contributed by atoms with van der Waals surface area (Å²) in [4.78, 5) is 4.57. The van der Waals surface area contributed by atoms with Crippen LogP contribution < -0.4 is 4.74 Å². The Labute approximate surface area is 188 Å². The Morgan fingerprint density at radius 1 is 0.645 bits per heavy atom. The lowest BCUT2D eigenvalue weighted by Crippen LogP contribution is -1.97. The smallest absolute Gasteiger partial charge is 0.119 e. The highest BCUT2D eigenvalue weighted by Gasteiger charge is 2.02. The normalized spacial score (nSPS) is 10.9. The van der Waals surface area contributed by atoms with Gasteiger partial charge in [0.25, 0.3) is 0 Å². The van der Waals surface area contributed by atoms with Gasteiger partial charge in [0, 0.05) is 11.9 Å². The van der Waals surface area contributed by atoms with E-state index in [1.807, 2.05) is 6.20 Å². The molecule has 3 aromatic rings. The number of aryl methyl sites for hydroxylation is 3. The van der Waals surface area contributed by atoms with Crippen LogP contribution in [0.15, 0.2) is 66.9 Å². The van der Waals surface area contributed by atoms with Crippen molar-refractivity contribution < 1.29 is 4.74 Å².